The molecule has 9 nitrogen and oxygen atoms in total. The molecular formula is C26H35N5O4. The maximum atomic E-state index is 13.7. The summed E-state index contributed by atoms with van der Waals surface area (Å²) in [6.07, 6.45) is 4.00. The first-order valence-electron chi connectivity index (χ1n) is 12.3. The first-order valence-corrected chi connectivity index (χ1v) is 12.3. The molecular weight excluding hydrogens is 446 g/mol. The van der Waals surface area contributed by atoms with E-state index in [1.54, 1.807) is 16.4 Å². The molecule has 188 valence electrons. The van der Waals surface area contributed by atoms with E-state index in [9.17, 15) is 14.4 Å². The fourth-order valence-electron chi connectivity index (χ4n) is 4.74. The van der Waals surface area contributed by atoms with Gasteiger partial charge in [-0.3, -0.25) is 14.4 Å². The van der Waals surface area contributed by atoms with Gasteiger partial charge >= 0.3 is 0 Å². The molecule has 2 N–H and O–H groups in total. The zero-order valence-corrected chi connectivity index (χ0v) is 21.2. The number of amides is 3. The van der Waals surface area contributed by atoms with Crippen LogP contribution in [0.5, 0.6) is 0 Å². The normalized spacial score (nSPS) is 19.6. The smallest absolute Gasteiger partial charge is 0.276 e. The molecule has 2 aliphatic rings. The summed E-state index contributed by atoms with van der Waals surface area (Å²) < 4.78 is 7.18. The Morgan fingerprint density at radius 2 is 1.89 bits per heavy atom. The predicted octanol–water partition coefficient (Wildman–Crippen LogP) is 3.06. The van der Waals surface area contributed by atoms with Crippen LogP contribution < -0.4 is 10.6 Å². The van der Waals surface area contributed by atoms with Crippen molar-refractivity contribution < 1.29 is 19.1 Å². The minimum atomic E-state index is -1.06. The Kier molecular flexibility index (Phi) is 6.98. The molecule has 35 heavy (non-hydrogen) atoms. The summed E-state index contributed by atoms with van der Waals surface area (Å²) in [6.45, 7) is 10.9. The summed E-state index contributed by atoms with van der Waals surface area (Å²) in [7, 11) is 0. The molecule has 0 bridgehead atoms. The fraction of sp³-hybridized carbons (Fsp3) is 0.538. The Labute approximate surface area is 206 Å². The molecule has 2 aromatic rings. The van der Waals surface area contributed by atoms with Gasteiger partial charge in [0.15, 0.2) is 5.69 Å². The van der Waals surface area contributed by atoms with Crippen LogP contribution in [0.1, 0.15) is 72.1 Å². The average Bonchev–Trinajstić information content (AvgIpc) is 3.50. The first-order chi connectivity index (χ1) is 16.6. The molecule has 1 aromatic heterocycles. The standard InChI is InChI=1S/C26H35N5O4/c1-16(2)35-10-6-9-27-25(34)26(5)14-30-15-28-21(22(30)24(33)31(26)20-7-8-20)23(32)29-19-12-17(3)11-18(4)13-19/h11-13,15-16,20H,6-10,14H2,1-5H3,(H,27,34)(H,29,32)/t26-/m1/s1. The van der Waals surface area contributed by atoms with Gasteiger partial charge in [-0.1, -0.05) is 6.07 Å². The maximum absolute atomic E-state index is 13.7. The summed E-state index contributed by atoms with van der Waals surface area (Å²) >= 11 is 0. The topological polar surface area (TPSA) is 106 Å². The van der Waals surface area contributed by atoms with E-state index in [2.05, 4.69) is 15.6 Å². The van der Waals surface area contributed by atoms with Crippen LogP contribution in [0.15, 0.2) is 24.5 Å². The van der Waals surface area contributed by atoms with Gasteiger partial charge in [0.2, 0.25) is 5.91 Å². The number of rotatable bonds is 9. The number of hydrogen-bond donors (Lipinski definition) is 2. The summed E-state index contributed by atoms with van der Waals surface area (Å²) in [5.74, 6) is -0.975. The molecule has 9 heteroatoms. The van der Waals surface area contributed by atoms with Crippen molar-refractivity contribution in [3.8, 4) is 0 Å². The lowest BCUT2D eigenvalue weighted by molar-refractivity contribution is -0.133. The minimum absolute atomic E-state index is 0.0125. The summed E-state index contributed by atoms with van der Waals surface area (Å²) in [5, 5.41) is 5.85. The van der Waals surface area contributed by atoms with Crippen molar-refractivity contribution in [3.63, 3.8) is 0 Å². The van der Waals surface area contributed by atoms with Crippen LogP contribution in [0.3, 0.4) is 0 Å². The molecule has 2 heterocycles. The molecule has 3 amide bonds. The Morgan fingerprint density at radius 1 is 1.20 bits per heavy atom. The second-order valence-corrected chi connectivity index (χ2v) is 10.1. The second-order valence-electron chi connectivity index (χ2n) is 10.1. The number of ether oxygens (including phenoxy) is 1. The molecule has 1 atom stereocenters. The molecule has 1 aliphatic heterocycles. The van der Waals surface area contributed by atoms with Crippen molar-refractivity contribution in [2.75, 3.05) is 18.5 Å². The number of fused-ring (bicyclic) bond motifs is 1. The van der Waals surface area contributed by atoms with Crippen molar-refractivity contribution in [1.29, 1.82) is 0 Å². The van der Waals surface area contributed by atoms with Gasteiger partial charge in [0.1, 0.15) is 11.2 Å². The Morgan fingerprint density at radius 3 is 2.51 bits per heavy atom. The zero-order valence-electron chi connectivity index (χ0n) is 21.2. The molecule has 1 aliphatic carbocycles. The molecule has 1 saturated carbocycles. The van der Waals surface area contributed by atoms with Gasteiger partial charge in [0, 0.05) is 24.9 Å². The van der Waals surface area contributed by atoms with Crippen molar-refractivity contribution in [1.82, 2.24) is 19.8 Å². The average molecular weight is 482 g/mol. The molecule has 0 spiro atoms. The number of hydrogen-bond acceptors (Lipinski definition) is 5. The Bertz CT molecular complexity index is 1120. The summed E-state index contributed by atoms with van der Waals surface area (Å²) in [4.78, 5) is 46.1. The number of carbonyl (C=O) groups excluding carboxylic acids is 3. The quantitative estimate of drug-likeness (QED) is 0.536. The molecule has 0 radical (unpaired) electrons. The summed E-state index contributed by atoms with van der Waals surface area (Å²) in [6, 6.07) is 5.76. The Hall–Kier alpha value is -3.20. The van der Waals surface area contributed by atoms with Gasteiger partial charge in [-0.25, -0.2) is 4.98 Å². The van der Waals surface area contributed by atoms with Crippen molar-refractivity contribution >= 4 is 23.4 Å². The molecule has 1 aromatic carbocycles. The predicted molar refractivity (Wildman–Crippen MR) is 132 cm³/mol. The zero-order chi connectivity index (χ0) is 25.3. The van der Waals surface area contributed by atoms with Gasteiger partial charge in [-0.15, -0.1) is 0 Å². The van der Waals surface area contributed by atoms with Gasteiger partial charge in [0.05, 0.1) is 19.0 Å². The fourth-order valence-corrected chi connectivity index (χ4v) is 4.74. The second kappa shape index (κ2) is 9.81. The lowest BCUT2D eigenvalue weighted by Gasteiger charge is -2.44. The third-order valence-electron chi connectivity index (χ3n) is 6.42. The van der Waals surface area contributed by atoms with E-state index in [1.165, 1.54) is 6.33 Å². The van der Waals surface area contributed by atoms with Crippen molar-refractivity contribution in [3.05, 3.63) is 47.0 Å². The van der Waals surface area contributed by atoms with Gasteiger partial charge < -0.3 is 24.8 Å². The number of imidazole rings is 1. The Balaban J connectivity index is 1.53. The van der Waals surface area contributed by atoms with E-state index in [0.29, 0.717) is 25.3 Å². The van der Waals surface area contributed by atoms with E-state index in [1.807, 2.05) is 45.9 Å². The highest BCUT2D eigenvalue weighted by atomic mass is 16.5. The van der Waals surface area contributed by atoms with E-state index < -0.39 is 11.4 Å². The number of aromatic nitrogens is 2. The number of carbonyl (C=O) groups is 3. The monoisotopic (exact) mass is 481 g/mol. The lowest BCUT2D eigenvalue weighted by Crippen LogP contribution is -2.64. The van der Waals surface area contributed by atoms with E-state index in [4.69, 9.17) is 4.74 Å². The van der Waals surface area contributed by atoms with Crippen LogP contribution in [-0.4, -0.2) is 63.0 Å². The van der Waals surface area contributed by atoms with Crippen LogP contribution in [0.25, 0.3) is 0 Å². The number of aryl methyl sites for hydroxylation is 2. The van der Waals surface area contributed by atoms with E-state index in [0.717, 1.165) is 24.0 Å². The molecule has 0 saturated heterocycles. The molecule has 4 rings (SSSR count). The SMILES string of the molecule is Cc1cc(C)cc(NC(=O)c2ncn3c2C(=O)N(C2CC2)[C@@](C)(C(=O)NCCCOC(C)C)C3)c1. The van der Waals surface area contributed by atoms with E-state index >= 15 is 0 Å². The third kappa shape index (κ3) is 5.24. The number of nitrogens with zero attached hydrogens (tertiary/aromatic N) is 3. The third-order valence-corrected chi connectivity index (χ3v) is 6.42. The van der Waals surface area contributed by atoms with Crippen molar-refractivity contribution in [2.45, 2.75) is 78.1 Å². The van der Waals surface area contributed by atoms with E-state index in [-0.39, 0.29) is 41.9 Å². The highest BCUT2D eigenvalue weighted by Gasteiger charge is 2.53. The maximum Gasteiger partial charge on any atom is 0.276 e. The van der Waals surface area contributed by atoms with Crippen LogP contribution >= 0.6 is 0 Å². The lowest BCUT2D eigenvalue weighted by atomic mass is 9.94. The van der Waals surface area contributed by atoms with Crippen LogP contribution in [0, 0.1) is 13.8 Å². The largest absolute Gasteiger partial charge is 0.379 e. The van der Waals surface area contributed by atoms with Gasteiger partial charge in [-0.2, -0.15) is 0 Å². The van der Waals surface area contributed by atoms with Gasteiger partial charge in [-0.05, 0) is 77.1 Å². The molecule has 0 unspecified atom stereocenters. The highest BCUT2D eigenvalue weighted by Crippen LogP contribution is 2.39. The van der Waals surface area contributed by atoms with Crippen LogP contribution in [-0.2, 0) is 16.1 Å². The van der Waals surface area contributed by atoms with Crippen LogP contribution in [0.2, 0.25) is 0 Å². The number of anilines is 1. The number of benzene rings is 1. The summed E-state index contributed by atoms with van der Waals surface area (Å²) in [5.41, 5.74) is 1.96. The first kappa shape index (κ1) is 24.9. The van der Waals surface area contributed by atoms with Gasteiger partial charge in [0.25, 0.3) is 11.8 Å². The molecule has 1 fully saturated rings. The van der Waals surface area contributed by atoms with Crippen molar-refractivity contribution in [2.24, 2.45) is 0 Å². The highest BCUT2D eigenvalue weighted by molar-refractivity contribution is 6.11. The van der Waals surface area contributed by atoms with Crippen LogP contribution in [0.4, 0.5) is 5.69 Å². The number of nitrogens with one attached hydrogen (secondary N) is 2. The minimum Gasteiger partial charge on any atom is -0.379 e.